The zero-order valence-corrected chi connectivity index (χ0v) is 16.1. The third-order valence-electron chi connectivity index (χ3n) is 4.85. The molecule has 3 aromatic carbocycles. The maximum atomic E-state index is 13.5. The summed E-state index contributed by atoms with van der Waals surface area (Å²) in [6, 6.07) is 15.4. The smallest absolute Gasteiger partial charge is 0.300 e. The van der Waals surface area contributed by atoms with E-state index in [9.17, 15) is 23.5 Å². The van der Waals surface area contributed by atoms with Crippen molar-refractivity contribution in [3.8, 4) is 0 Å². The minimum Gasteiger partial charge on any atom is -0.507 e. The molecule has 1 atom stereocenters. The predicted octanol–water partition coefficient (Wildman–Crippen LogP) is 5.24. The van der Waals surface area contributed by atoms with Crippen LogP contribution in [0.15, 0.2) is 78.4 Å². The topological polar surface area (TPSA) is 57.6 Å². The van der Waals surface area contributed by atoms with Gasteiger partial charge < -0.3 is 5.11 Å². The van der Waals surface area contributed by atoms with Gasteiger partial charge in [0.2, 0.25) is 0 Å². The van der Waals surface area contributed by atoms with Gasteiger partial charge in [-0.25, -0.2) is 8.78 Å². The van der Waals surface area contributed by atoms with Crippen LogP contribution in [0.1, 0.15) is 17.2 Å². The number of Topliss-reactive ketones (excluding diaryl/α,β-unsaturated/α-hetero) is 1. The fourth-order valence-electron chi connectivity index (χ4n) is 3.42. The minimum atomic E-state index is -1.02. The van der Waals surface area contributed by atoms with Gasteiger partial charge in [-0.1, -0.05) is 23.7 Å². The molecule has 1 unspecified atom stereocenters. The lowest BCUT2D eigenvalue weighted by Gasteiger charge is -2.25. The number of rotatable bonds is 3. The Hall–Kier alpha value is -3.51. The molecular formula is C23H14ClF2NO3. The molecule has 7 heteroatoms. The number of amides is 1. The molecule has 1 saturated heterocycles. The van der Waals surface area contributed by atoms with Gasteiger partial charge in [-0.05, 0) is 66.2 Å². The van der Waals surface area contributed by atoms with E-state index in [2.05, 4.69) is 0 Å². The highest BCUT2D eigenvalue weighted by Gasteiger charge is 2.46. The number of halogens is 3. The molecule has 1 heterocycles. The van der Waals surface area contributed by atoms with Crippen molar-refractivity contribution in [1.29, 1.82) is 0 Å². The average molecular weight is 426 g/mol. The van der Waals surface area contributed by atoms with Crippen molar-refractivity contribution in [3.05, 3.63) is 106 Å². The van der Waals surface area contributed by atoms with Crippen molar-refractivity contribution in [1.82, 2.24) is 0 Å². The summed E-state index contributed by atoms with van der Waals surface area (Å²) in [6.07, 6.45) is 0. The Balaban J connectivity index is 1.93. The van der Waals surface area contributed by atoms with Gasteiger partial charge in [-0.2, -0.15) is 0 Å². The summed E-state index contributed by atoms with van der Waals surface area (Å²) in [5.74, 6) is -3.17. The number of benzene rings is 3. The molecule has 1 fully saturated rings. The second-order valence-corrected chi connectivity index (χ2v) is 7.14. The quantitative estimate of drug-likeness (QED) is 0.354. The Labute approximate surface area is 175 Å². The predicted molar refractivity (Wildman–Crippen MR) is 109 cm³/mol. The van der Waals surface area contributed by atoms with Crippen LogP contribution >= 0.6 is 11.6 Å². The van der Waals surface area contributed by atoms with Crippen LogP contribution in [0.5, 0.6) is 0 Å². The normalized spacial score (nSPS) is 18.1. The van der Waals surface area contributed by atoms with Crippen LogP contribution in [-0.4, -0.2) is 16.8 Å². The average Bonchev–Trinajstić information content (AvgIpc) is 3.00. The standard InChI is InChI=1S/C23H14ClF2NO3/c24-15-5-1-14(2-6-15)21(28)19-20(13-3-7-16(25)8-4-13)27(23(30)22(19)29)18-11-9-17(26)10-12-18/h1-12,20,28H. The second-order valence-electron chi connectivity index (χ2n) is 6.70. The molecule has 1 N–H and O–H groups in total. The van der Waals surface area contributed by atoms with Crippen LogP contribution in [0.3, 0.4) is 0 Å². The van der Waals surface area contributed by atoms with Crippen LogP contribution in [-0.2, 0) is 9.59 Å². The summed E-state index contributed by atoms with van der Waals surface area (Å²) in [6.45, 7) is 0. The van der Waals surface area contributed by atoms with Gasteiger partial charge in [0.25, 0.3) is 11.7 Å². The summed E-state index contributed by atoms with van der Waals surface area (Å²) in [5.41, 5.74) is 0.820. The molecule has 3 aromatic rings. The van der Waals surface area contributed by atoms with Gasteiger partial charge in [-0.15, -0.1) is 0 Å². The van der Waals surface area contributed by atoms with Gasteiger partial charge in [0.05, 0.1) is 11.6 Å². The number of hydrogen-bond acceptors (Lipinski definition) is 3. The monoisotopic (exact) mass is 425 g/mol. The molecule has 0 spiro atoms. The molecule has 0 aromatic heterocycles. The molecular weight excluding hydrogens is 412 g/mol. The first-order chi connectivity index (χ1) is 14.4. The van der Waals surface area contributed by atoms with Crippen molar-refractivity contribution in [2.24, 2.45) is 0 Å². The van der Waals surface area contributed by atoms with E-state index >= 15 is 0 Å². The molecule has 0 aliphatic carbocycles. The van der Waals surface area contributed by atoms with Crippen molar-refractivity contribution < 1.29 is 23.5 Å². The van der Waals surface area contributed by atoms with Gasteiger partial charge in [-0.3, -0.25) is 14.5 Å². The first kappa shape index (κ1) is 19.8. The molecule has 1 aliphatic heterocycles. The number of nitrogens with zero attached hydrogens (tertiary/aromatic N) is 1. The van der Waals surface area contributed by atoms with E-state index in [0.29, 0.717) is 16.1 Å². The zero-order valence-electron chi connectivity index (χ0n) is 15.4. The Bertz CT molecular complexity index is 1160. The molecule has 1 aliphatic rings. The number of carbonyl (C=O) groups excluding carboxylic acids is 2. The maximum absolute atomic E-state index is 13.5. The first-order valence-electron chi connectivity index (χ1n) is 8.95. The van der Waals surface area contributed by atoms with Gasteiger partial charge >= 0.3 is 0 Å². The third-order valence-corrected chi connectivity index (χ3v) is 5.10. The molecule has 4 nitrogen and oxygen atoms in total. The van der Waals surface area contributed by atoms with E-state index in [1.54, 1.807) is 12.1 Å². The summed E-state index contributed by atoms with van der Waals surface area (Å²) in [5, 5.41) is 11.3. The lowest BCUT2D eigenvalue weighted by Crippen LogP contribution is -2.29. The fraction of sp³-hybridized carbons (Fsp3) is 0.0435. The van der Waals surface area contributed by atoms with Crippen LogP contribution in [0.25, 0.3) is 5.76 Å². The summed E-state index contributed by atoms with van der Waals surface area (Å²) >= 11 is 5.89. The molecule has 0 saturated carbocycles. The second kappa shape index (κ2) is 7.72. The highest BCUT2D eigenvalue weighted by molar-refractivity contribution is 6.51. The van der Waals surface area contributed by atoms with Gasteiger partial charge in [0.1, 0.15) is 17.4 Å². The number of aliphatic hydroxyl groups is 1. The Kier molecular flexibility index (Phi) is 5.10. The number of anilines is 1. The fourth-order valence-corrected chi connectivity index (χ4v) is 3.55. The summed E-state index contributed by atoms with van der Waals surface area (Å²) in [7, 11) is 0. The molecule has 0 bridgehead atoms. The van der Waals surface area contributed by atoms with Crippen LogP contribution in [0.4, 0.5) is 14.5 Å². The van der Waals surface area contributed by atoms with Crippen molar-refractivity contribution in [2.75, 3.05) is 4.90 Å². The number of hydrogen-bond donors (Lipinski definition) is 1. The highest BCUT2D eigenvalue weighted by Crippen LogP contribution is 2.42. The van der Waals surface area contributed by atoms with Crippen molar-refractivity contribution in [3.63, 3.8) is 0 Å². The molecule has 30 heavy (non-hydrogen) atoms. The van der Waals surface area contributed by atoms with E-state index in [4.69, 9.17) is 11.6 Å². The number of carbonyl (C=O) groups is 2. The summed E-state index contributed by atoms with van der Waals surface area (Å²) < 4.78 is 26.9. The molecule has 4 rings (SSSR count). The largest absolute Gasteiger partial charge is 0.507 e. The van der Waals surface area contributed by atoms with E-state index in [1.807, 2.05) is 0 Å². The van der Waals surface area contributed by atoms with Crippen LogP contribution < -0.4 is 4.90 Å². The van der Waals surface area contributed by atoms with E-state index in [-0.39, 0.29) is 17.0 Å². The number of ketones is 1. The van der Waals surface area contributed by atoms with Crippen molar-refractivity contribution >= 4 is 34.7 Å². The Morgan fingerprint density at radius 1 is 0.833 bits per heavy atom. The Morgan fingerprint density at radius 3 is 1.93 bits per heavy atom. The first-order valence-corrected chi connectivity index (χ1v) is 9.32. The Morgan fingerprint density at radius 2 is 1.37 bits per heavy atom. The van der Waals surface area contributed by atoms with E-state index < -0.39 is 29.4 Å². The van der Waals surface area contributed by atoms with Crippen LogP contribution in [0, 0.1) is 11.6 Å². The van der Waals surface area contributed by atoms with Crippen LogP contribution in [0.2, 0.25) is 5.02 Å². The highest BCUT2D eigenvalue weighted by atomic mass is 35.5. The lowest BCUT2D eigenvalue weighted by molar-refractivity contribution is -0.132. The number of aliphatic hydroxyl groups excluding tert-OH is 1. The van der Waals surface area contributed by atoms with Crippen molar-refractivity contribution in [2.45, 2.75) is 6.04 Å². The zero-order chi connectivity index (χ0) is 21.4. The van der Waals surface area contributed by atoms with E-state index in [0.717, 1.165) is 17.0 Å². The van der Waals surface area contributed by atoms with E-state index in [1.165, 1.54) is 48.5 Å². The van der Waals surface area contributed by atoms with Gasteiger partial charge in [0.15, 0.2) is 0 Å². The van der Waals surface area contributed by atoms with Gasteiger partial charge in [0, 0.05) is 16.3 Å². The SMILES string of the molecule is O=C1C(=O)N(c2ccc(F)cc2)C(c2ccc(F)cc2)C1=C(O)c1ccc(Cl)cc1. The summed E-state index contributed by atoms with van der Waals surface area (Å²) in [4.78, 5) is 27.0. The third kappa shape index (κ3) is 3.46. The molecule has 150 valence electrons. The lowest BCUT2D eigenvalue weighted by atomic mass is 9.95. The molecule has 1 amide bonds. The minimum absolute atomic E-state index is 0.154. The molecule has 0 radical (unpaired) electrons. The maximum Gasteiger partial charge on any atom is 0.300 e.